The summed E-state index contributed by atoms with van der Waals surface area (Å²) in [4.78, 5) is 26.1. The van der Waals surface area contributed by atoms with Crippen LogP contribution in [0.4, 0.5) is 11.4 Å². The third kappa shape index (κ3) is 5.87. The average molecular weight is 523 g/mol. The number of nitrogens with zero attached hydrogens (tertiary/aromatic N) is 2. The van der Waals surface area contributed by atoms with Crippen molar-refractivity contribution in [1.29, 1.82) is 0 Å². The summed E-state index contributed by atoms with van der Waals surface area (Å²) in [5.41, 5.74) is 2.12. The van der Waals surface area contributed by atoms with E-state index < -0.39 is 5.56 Å². The van der Waals surface area contributed by atoms with Gasteiger partial charge in [0.15, 0.2) is 11.4 Å². The largest absolute Gasteiger partial charge is 0.453 e. The monoisotopic (exact) mass is 522 g/mol. The summed E-state index contributed by atoms with van der Waals surface area (Å²) in [7, 11) is 0. The van der Waals surface area contributed by atoms with Crippen molar-refractivity contribution in [2.75, 3.05) is 11.9 Å². The lowest BCUT2D eigenvalue weighted by molar-refractivity contribution is 0.0953. The van der Waals surface area contributed by atoms with Crippen LogP contribution in [0.15, 0.2) is 77.7 Å². The quantitative estimate of drug-likeness (QED) is 0.275. The summed E-state index contributed by atoms with van der Waals surface area (Å²) >= 11 is 12.2. The van der Waals surface area contributed by atoms with Crippen LogP contribution in [0.2, 0.25) is 10.0 Å². The molecule has 7 nitrogen and oxygen atoms in total. The molecule has 0 radical (unpaired) electrons. The van der Waals surface area contributed by atoms with Gasteiger partial charge < -0.3 is 15.4 Å². The van der Waals surface area contributed by atoms with E-state index in [1.54, 1.807) is 48.5 Å². The minimum absolute atomic E-state index is 0.142. The van der Waals surface area contributed by atoms with Crippen LogP contribution in [-0.2, 0) is 0 Å². The first-order valence-electron chi connectivity index (χ1n) is 11.3. The highest BCUT2D eigenvalue weighted by Gasteiger charge is 2.17. The van der Waals surface area contributed by atoms with Crippen molar-refractivity contribution in [3.05, 3.63) is 104 Å². The van der Waals surface area contributed by atoms with Gasteiger partial charge in [0.2, 0.25) is 0 Å². The highest BCUT2D eigenvalue weighted by atomic mass is 35.5. The fraction of sp³-hybridized carbons (Fsp3) is 0.148. The molecule has 0 spiro atoms. The molecule has 36 heavy (non-hydrogen) atoms. The van der Waals surface area contributed by atoms with Crippen molar-refractivity contribution >= 4 is 40.5 Å². The number of amides is 1. The predicted octanol–water partition coefficient (Wildman–Crippen LogP) is 6.52. The summed E-state index contributed by atoms with van der Waals surface area (Å²) in [5, 5.41) is 10.9. The maximum Gasteiger partial charge on any atom is 0.299 e. The number of anilines is 2. The molecule has 0 aliphatic carbocycles. The Balaban J connectivity index is 1.77. The molecular weight excluding hydrogens is 499 g/mol. The highest BCUT2D eigenvalue weighted by molar-refractivity contribution is 6.42. The molecule has 0 saturated heterocycles. The number of rotatable bonds is 8. The zero-order valence-electron chi connectivity index (χ0n) is 19.7. The number of aromatic nitrogens is 2. The van der Waals surface area contributed by atoms with Crippen molar-refractivity contribution in [2.45, 2.75) is 20.3 Å². The maximum absolute atomic E-state index is 13.6. The number of nitrogens with one attached hydrogen (secondary N) is 2. The van der Waals surface area contributed by atoms with Crippen LogP contribution >= 0.6 is 23.2 Å². The molecule has 1 aromatic heterocycles. The van der Waals surface area contributed by atoms with E-state index in [1.165, 1.54) is 10.9 Å². The predicted molar refractivity (Wildman–Crippen MR) is 143 cm³/mol. The van der Waals surface area contributed by atoms with Gasteiger partial charge in [-0.1, -0.05) is 48.3 Å². The first kappa shape index (κ1) is 25.3. The minimum atomic E-state index is -0.473. The van der Waals surface area contributed by atoms with Gasteiger partial charge in [0, 0.05) is 17.8 Å². The molecular formula is C27H24Cl2N4O3. The Morgan fingerprint density at radius 3 is 2.58 bits per heavy atom. The third-order valence-corrected chi connectivity index (χ3v) is 5.98. The van der Waals surface area contributed by atoms with Gasteiger partial charge in [0.1, 0.15) is 5.75 Å². The number of benzene rings is 3. The van der Waals surface area contributed by atoms with E-state index in [0.717, 1.165) is 12.0 Å². The van der Waals surface area contributed by atoms with Gasteiger partial charge in [0.05, 0.1) is 21.9 Å². The number of aryl methyl sites for hydroxylation is 1. The van der Waals surface area contributed by atoms with E-state index in [0.29, 0.717) is 39.3 Å². The van der Waals surface area contributed by atoms with Gasteiger partial charge in [0.25, 0.3) is 11.5 Å². The summed E-state index contributed by atoms with van der Waals surface area (Å²) in [5.74, 6) is 0.585. The van der Waals surface area contributed by atoms with Crippen molar-refractivity contribution in [1.82, 2.24) is 15.1 Å². The van der Waals surface area contributed by atoms with Crippen molar-refractivity contribution < 1.29 is 9.53 Å². The first-order valence-corrected chi connectivity index (χ1v) is 12.1. The Morgan fingerprint density at radius 2 is 1.83 bits per heavy atom. The Labute approximate surface area is 218 Å². The number of ether oxygens (including phenoxy) is 1. The molecule has 3 aromatic carbocycles. The molecule has 1 heterocycles. The van der Waals surface area contributed by atoms with Crippen molar-refractivity contribution in [2.24, 2.45) is 0 Å². The van der Waals surface area contributed by atoms with Gasteiger partial charge in [-0.25, -0.2) is 0 Å². The molecule has 4 aromatic rings. The van der Waals surface area contributed by atoms with E-state index in [-0.39, 0.29) is 17.3 Å². The molecule has 0 atom stereocenters. The second-order valence-corrected chi connectivity index (χ2v) is 8.89. The molecule has 0 unspecified atom stereocenters. The average Bonchev–Trinajstić information content (AvgIpc) is 2.87. The molecule has 9 heteroatoms. The Kier molecular flexibility index (Phi) is 7.93. The van der Waals surface area contributed by atoms with E-state index >= 15 is 0 Å². The second-order valence-electron chi connectivity index (χ2n) is 8.08. The lowest BCUT2D eigenvalue weighted by Crippen LogP contribution is -2.25. The topological polar surface area (TPSA) is 85.2 Å². The van der Waals surface area contributed by atoms with Crippen LogP contribution in [-0.4, -0.2) is 22.2 Å². The van der Waals surface area contributed by atoms with Crippen LogP contribution < -0.4 is 20.9 Å². The van der Waals surface area contributed by atoms with Gasteiger partial charge in [-0.15, -0.1) is 0 Å². The number of hydrogen-bond acceptors (Lipinski definition) is 5. The van der Waals surface area contributed by atoms with E-state index in [1.807, 2.05) is 32.0 Å². The number of carbonyl (C=O) groups is 1. The molecule has 2 N–H and O–H groups in total. The lowest BCUT2D eigenvalue weighted by Gasteiger charge is -2.15. The summed E-state index contributed by atoms with van der Waals surface area (Å²) in [6.07, 6.45) is 2.28. The van der Waals surface area contributed by atoms with E-state index in [4.69, 9.17) is 27.9 Å². The van der Waals surface area contributed by atoms with Gasteiger partial charge in [-0.2, -0.15) is 9.78 Å². The number of hydrogen-bond donors (Lipinski definition) is 2. The standard InChI is InChI=1S/C27H24Cl2N4O3/c1-3-12-30-26(34)18-7-5-8-19(14-18)32-25-24(36-21-9-4-6-17(2)13-21)16-31-33(27(25)35)20-10-11-22(28)23(29)15-20/h4-11,13-16,32H,3,12H2,1-2H3,(H,30,34). The smallest absolute Gasteiger partial charge is 0.299 e. The summed E-state index contributed by atoms with van der Waals surface area (Å²) in [6.45, 7) is 4.50. The van der Waals surface area contributed by atoms with Crippen molar-refractivity contribution in [3.63, 3.8) is 0 Å². The molecule has 4 rings (SSSR count). The molecule has 184 valence electrons. The van der Waals surface area contributed by atoms with Crippen LogP contribution in [0.5, 0.6) is 11.5 Å². The molecule has 0 bridgehead atoms. The van der Waals surface area contributed by atoms with Gasteiger partial charge in [-0.05, 0) is 67.4 Å². The minimum Gasteiger partial charge on any atom is -0.453 e. The Hall–Kier alpha value is -3.81. The van der Waals surface area contributed by atoms with E-state index in [2.05, 4.69) is 15.7 Å². The molecule has 0 aliphatic rings. The zero-order valence-corrected chi connectivity index (χ0v) is 21.2. The van der Waals surface area contributed by atoms with Crippen LogP contribution in [0.25, 0.3) is 5.69 Å². The normalized spacial score (nSPS) is 10.7. The second kappa shape index (κ2) is 11.3. The van der Waals surface area contributed by atoms with E-state index in [9.17, 15) is 9.59 Å². The Morgan fingerprint density at radius 1 is 1.03 bits per heavy atom. The summed E-state index contributed by atoms with van der Waals surface area (Å²) < 4.78 is 7.24. The Bertz CT molecular complexity index is 1470. The van der Waals surface area contributed by atoms with Crippen LogP contribution in [0, 0.1) is 6.92 Å². The first-order chi connectivity index (χ1) is 17.4. The third-order valence-electron chi connectivity index (χ3n) is 5.24. The lowest BCUT2D eigenvalue weighted by atomic mass is 10.2. The zero-order chi connectivity index (χ0) is 25.7. The number of halogens is 2. The van der Waals surface area contributed by atoms with Crippen LogP contribution in [0.3, 0.4) is 0 Å². The fourth-order valence-electron chi connectivity index (χ4n) is 3.46. The molecule has 1 amide bonds. The van der Waals surface area contributed by atoms with Gasteiger partial charge in [-0.3, -0.25) is 9.59 Å². The highest BCUT2D eigenvalue weighted by Crippen LogP contribution is 2.30. The number of carbonyl (C=O) groups excluding carboxylic acids is 1. The van der Waals surface area contributed by atoms with Crippen molar-refractivity contribution in [3.8, 4) is 17.2 Å². The van der Waals surface area contributed by atoms with Gasteiger partial charge >= 0.3 is 0 Å². The SMILES string of the molecule is CCCNC(=O)c1cccc(Nc2c(Oc3cccc(C)c3)cnn(-c3ccc(Cl)c(Cl)c3)c2=O)c1. The summed E-state index contributed by atoms with van der Waals surface area (Å²) in [6, 6.07) is 19.1. The molecule has 0 fully saturated rings. The molecule has 0 saturated carbocycles. The molecule has 0 aliphatic heterocycles. The van der Waals surface area contributed by atoms with Crippen LogP contribution in [0.1, 0.15) is 29.3 Å². The fourth-order valence-corrected chi connectivity index (χ4v) is 3.75. The maximum atomic E-state index is 13.6.